The van der Waals surface area contributed by atoms with E-state index >= 15 is 0 Å². The van der Waals surface area contributed by atoms with Gasteiger partial charge in [-0.05, 0) is 66.0 Å². The van der Waals surface area contributed by atoms with E-state index in [9.17, 15) is 18.4 Å². The second-order valence-corrected chi connectivity index (χ2v) is 12.3. The molecule has 2 aliphatic rings. The van der Waals surface area contributed by atoms with Crippen LogP contribution in [-0.4, -0.2) is 79.8 Å². The molecule has 3 heterocycles. The smallest absolute Gasteiger partial charge is 0.246 e. The molecule has 206 valence electrons. The number of nitrogens with zero attached hydrogens (tertiary/aromatic N) is 5. The van der Waals surface area contributed by atoms with Crippen LogP contribution >= 0.6 is 27.7 Å². The Hall–Kier alpha value is -2.83. The summed E-state index contributed by atoms with van der Waals surface area (Å²) < 4.78 is 29.7. The molecule has 2 atom stereocenters. The lowest BCUT2D eigenvalue weighted by Crippen LogP contribution is -2.60. The summed E-state index contributed by atoms with van der Waals surface area (Å²) in [6, 6.07) is 10.3. The highest BCUT2D eigenvalue weighted by atomic mass is 79.9. The molecule has 2 amide bonds. The van der Waals surface area contributed by atoms with E-state index in [4.69, 9.17) is 0 Å². The molecule has 39 heavy (non-hydrogen) atoms. The van der Waals surface area contributed by atoms with Crippen molar-refractivity contribution in [2.75, 3.05) is 31.9 Å². The summed E-state index contributed by atoms with van der Waals surface area (Å²) in [5, 5.41) is 11.1. The second-order valence-electron chi connectivity index (χ2n) is 10.2. The number of amides is 2. The first kappa shape index (κ1) is 27.7. The zero-order chi connectivity index (χ0) is 27.7. The molecule has 5 rings (SSSR count). The monoisotopic (exact) mass is 618 g/mol. The first-order chi connectivity index (χ1) is 18.6. The topological polar surface area (TPSA) is 83.4 Å². The van der Waals surface area contributed by atoms with Gasteiger partial charge in [-0.15, -0.1) is 16.9 Å². The van der Waals surface area contributed by atoms with Crippen molar-refractivity contribution in [2.45, 2.75) is 37.1 Å². The van der Waals surface area contributed by atoms with Gasteiger partial charge < -0.3 is 10.2 Å². The summed E-state index contributed by atoms with van der Waals surface area (Å²) in [4.78, 5) is 30.0. The van der Waals surface area contributed by atoms with Crippen molar-refractivity contribution in [3.63, 3.8) is 0 Å². The van der Waals surface area contributed by atoms with Gasteiger partial charge in [0.15, 0.2) is 0 Å². The number of aromatic nitrogens is 3. The van der Waals surface area contributed by atoms with Crippen molar-refractivity contribution in [3.8, 4) is 5.69 Å². The molecule has 12 heteroatoms. The molecule has 2 aromatic carbocycles. The standard InChI is InChI=1S/C27H29BrF2N6O2S/c1-27(2,24-15-36(33-32-24)22-8-7-18(29)14-19(22)28)35-11-9-34(10-12-35)26(38)21-16-39-23(25(37)31-21)13-17-5-3-4-6-20(17)30/h3-8,14-15,21,23H,9-13,16H2,1-2H3,(H,31,37). The van der Waals surface area contributed by atoms with Gasteiger partial charge in [0.1, 0.15) is 23.4 Å². The molecule has 0 radical (unpaired) electrons. The molecule has 8 nitrogen and oxygen atoms in total. The number of halogens is 3. The van der Waals surface area contributed by atoms with Crippen LogP contribution in [0, 0.1) is 11.6 Å². The number of piperazine rings is 1. The summed E-state index contributed by atoms with van der Waals surface area (Å²) in [5.41, 5.74) is 1.49. The fourth-order valence-electron chi connectivity index (χ4n) is 4.94. The zero-order valence-corrected chi connectivity index (χ0v) is 24.0. The van der Waals surface area contributed by atoms with Gasteiger partial charge in [-0.2, -0.15) is 0 Å². The maximum atomic E-state index is 14.0. The molecule has 1 N–H and O–H groups in total. The fraction of sp³-hybridized carbons (Fsp3) is 0.407. The number of carbonyl (C=O) groups is 2. The van der Waals surface area contributed by atoms with Crippen LogP contribution in [0.4, 0.5) is 8.78 Å². The number of benzene rings is 2. The van der Waals surface area contributed by atoms with E-state index in [2.05, 4.69) is 50.3 Å². The largest absolute Gasteiger partial charge is 0.343 e. The minimum absolute atomic E-state index is 0.0928. The Kier molecular flexibility index (Phi) is 8.06. The van der Waals surface area contributed by atoms with Gasteiger partial charge in [0.05, 0.1) is 22.7 Å². The van der Waals surface area contributed by atoms with E-state index in [0.717, 1.165) is 5.69 Å². The number of thioether (sulfide) groups is 1. The Bertz CT molecular complexity index is 1380. The van der Waals surface area contributed by atoms with Crippen LogP contribution in [-0.2, 0) is 21.5 Å². The predicted molar refractivity (Wildman–Crippen MR) is 148 cm³/mol. The van der Waals surface area contributed by atoms with Crippen LogP contribution in [0.15, 0.2) is 53.1 Å². The normalized spacial score (nSPS) is 20.6. The maximum Gasteiger partial charge on any atom is 0.246 e. The minimum Gasteiger partial charge on any atom is -0.343 e. The van der Waals surface area contributed by atoms with Gasteiger partial charge in [-0.1, -0.05) is 23.4 Å². The fourth-order valence-corrected chi connectivity index (χ4v) is 6.64. The molecule has 0 aliphatic carbocycles. The molecule has 2 fully saturated rings. The van der Waals surface area contributed by atoms with Crippen LogP contribution in [0.2, 0.25) is 0 Å². The van der Waals surface area contributed by atoms with Gasteiger partial charge >= 0.3 is 0 Å². The number of carbonyl (C=O) groups excluding carboxylic acids is 2. The first-order valence-corrected chi connectivity index (χ1v) is 14.5. The highest BCUT2D eigenvalue weighted by molar-refractivity contribution is 9.10. The van der Waals surface area contributed by atoms with Gasteiger partial charge in [0, 0.05) is 36.4 Å². The summed E-state index contributed by atoms with van der Waals surface area (Å²) in [5.74, 6) is -0.534. The van der Waals surface area contributed by atoms with Crippen LogP contribution in [0.3, 0.4) is 0 Å². The van der Waals surface area contributed by atoms with E-state index in [1.54, 1.807) is 33.8 Å². The molecular formula is C27H29BrF2N6O2S. The quantitative estimate of drug-likeness (QED) is 0.455. The lowest BCUT2D eigenvalue weighted by atomic mass is 9.97. The molecule has 0 bridgehead atoms. The molecule has 0 saturated carbocycles. The van der Waals surface area contributed by atoms with Crippen LogP contribution < -0.4 is 5.32 Å². The third kappa shape index (κ3) is 5.87. The van der Waals surface area contributed by atoms with Gasteiger partial charge in [0.25, 0.3) is 0 Å². The lowest BCUT2D eigenvalue weighted by Gasteiger charge is -2.44. The summed E-state index contributed by atoms with van der Waals surface area (Å²) >= 11 is 4.78. The Morgan fingerprint density at radius 2 is 1.90 bits per heavy atom. The Labute approximate surface area is 238 Å². The molecule has 2 aliphatic heterocycles. The number of hydrogen-bond acceptors (Lipinski definition) is 6. The van der Waals surface area contributed by atoms with E-state index in [-0.39, 0.29) is 23.4 Å². The van der Waals surface area contributed by atoms with Crippen molar-refractivity contribution < 1.29 is 18.4 Å². The third-order valence-corrected chi connectivity index (χ3v) is 9.34. The van der Waals surface area contributed by atoms with Crippen molar-refractivity contribution in [3.05, 3.63) is 76.0 Å². The van der Waals surface area contributed by atoms with Crippen LogP contribution in [0.25, 0.3) is 5.69 Å². The number of hydrogen-bond donors (Lipinski definition) is 1. The summed E-state index contributed by atoms with van der Waals surface area (Å²) in [6.07, 6.45) is 2.13. The third-order valence-electron chi connectivity index (χ3n) is 7.39. The first-order valence-electron chi connectivity index (χ1n) is 12.7. The molecule has 2 saturated heterocycles. The minimum atomic E-state index is -0.590. The SMILES string of the molecule is CC(C)(c1cn(-c2ccc(F)cc2Br)nn1)N1CCN(C(=O)C2CSC(Cc3ccccc3F)C(=O)N2)CC1. The Morgan fingerprint density at radius 1 is 1.15 bits per heavy atom. The van der Waals surface area contributed by atoms with E-state index in [1.807, 2.05) is 6.20 Å². The van der Waals surface area contributed by atoms with Crippen molar-refractivity contribution in [2.24, 2.45) is 0 Å². The Morgan fingerprint density at radius 3 is 2.59 bits per heavy atom. The van der Waals surface area contributed by atoms with Crippen LogP contribution in [0.5, 0.6) is 0 Å². The molecule has 1 aromatic heterocycles. The average molecular weight is 620 g/mol. The highest BCUT2D eigenvalue weighted by Crippen LogP contribution is 2.30. The zero-order valence-electron chi connectivity index (χ0n) is 21.6. The van der Waals surface area contributed by atoms with E-state index < -0.39 is 16.8 Å². The predicted octanol–water partition coefficient (Wildman–Crippen LogP) is 3.53. The number of rotatable bonds is 6. The maximum absolute atomic E-state index is 14.0. The van der Waals surface area contributed by atoms with Crippen LogP contribution in [0.1, 0.15) is 25.1 Å². The summed E-state index contributed by atoms with van der Waals surface area (Å²) in [6.45, 7) is 6.44. The molecule has 0 spiro atoms. The molecular weight excluding hydrogens is 590 g/mol. The highest BCUT2D eigenvalue weighted by Gasteiger charge is 2.38. The second kappa shape index (κ2) is 11.3. The van der Waals surface area contributed by atoms with Crippen molar-refractivity contribution in [1.82, 2.24) is 30.1 Å². The van der Waals surface area contributed by atoms with E-state index in [0.29, 0.717) is 54.1 Å². The number of nitrogens with one attached hydrogen (secondary N) is 1. The van der Waals surface area contributed by atoms with Gasteiger partial charge in [0.2, 0.25) is 11.8 Å². The molecule has 3 aromatic rings. The average Bonchev–Trinajstić information content (AvgIpc) is 3.42. The van der Waals surface area contributed by atoms with Crippen molar-refractivity contribution >= 4 is 39.5 Å². The molecule has 2 unspecified atom stereocenters. The van der Waals surface area contributed by atoms with Gasteiger partial charge in [-0.25, -0.2) is 13.5 Å². The van der Waals surface area contributed by atoms with Gasteiger partial charge in [-0.3, -0.25) is 14.5 Å². The Balaban J connectivity index is 1.16. The van der Waals surface area contributed by atoms with Crippen molar-refractivity contribution in [1.29, 1.82) is 0 Å². The lowest BCUT2D eigenvalue weighted by molar-refractivity contribution is -0.138. The summed E-state index contributed by atoms with van der Waals surface area (Å²) in [7, 11) is 0. The van der Waals surface area contributed by atoms with E-state index in [1.165, 1.54) is 30.0 Å².